The van der Waals surface area contributed by atoms with Crippen molar-refractivity contribution in [1.29, 1.82) is 0 Å². The van der Waals surface area contributed by atoms with Gasteiger partial charge in [-0.1, -0.05) is 244 Å². The molecule has 0 spiro atoms. The standard InChI is InChI=1S/C61H117O13P/c1-3-5-7-9-11-13-15-17-19-21-23-25-27-29-31-33-35-37-39-41-43-45-47-49-58(65)71-52-55(53-72-75(69,70)73-54-57(64)61(68)60(67)56(63)51-62)74-59(66)50-48-46-44-42-40-38-36-34-32-30-28-26-24-22-20-18-16-14-12-10-8-6-4-2/h19-22,55-57,60-64,67-68H,3-18,23-54H2,1-2H3,(H,69,70)/b21-19?,22-20-/t55-,56-,57-,60-,61-/m1/s1. The van der Waals surface area contributed by atoms with E-state index in [4.69, 9.17) is 23.6 Å². The van der Waals surface area contributed by atoms with Crippen LogP contribution in [0.15, 0.2) is 24.3 Å². The van der Waals surface area contributed by atoms with Crippen LogP contribution in [0.25, 0.3) is 0 Å². The van der Waals surface area contributed by atoms with Crippen LogP contribution in [0.4, 0.5) is 0 Å². The minimum absolute atomic E-state index is 0.121. The molecule has 75 heavy (non-hydrogen) atoms. The first-order chi connectivity index (χ1) is 36.5. The number of allylic oxidation sites excluding steroid dienone is 4. The third-order valence-corrected chi connectivity index (χ3v) is 15.1. The number of aliphatic hydroxyl groups excluding tert-OH is 5. The van der Waals surface area contributed by atoms with E-state index in [-0.39, 0.29) is 12.8 Å². The van der Waals surface area contributed by atoms with Crippen molar-refractivity contribution in [3.8, 4) is 0 Å². The molecule has 0 amide bonds. The molecule has 0 aliphatic rings. The van der Waals surface area contributed by atoms with E-state index in [1.54, 1.807) is 0 Å². The number of unbranched alkanes of at least 4 members (excludes halogenated alkanes) is 38. The van der Waals surface area contributed by atoms with Gasteiger partial charge in [-0.05, 0) is 64.2 Å². The summed E-state index contributed by atoms with van der Waals surface area (Å²) in [7, 11) is -4.91. The fraction of sp³-hybridized carbons (Fsp3) is 0.902. The Balaban J connectivity index is 4.38. The van der Waals surface area contributed by atoms with E-state index >= 15 is 0 Å². The molecule has 0 saturated carbocycles. The van der Waals surface area contributed by atoms with E-state index in [0.29, 0.717) is 12.8 Å². The maximum Gasteiger partial charge on any atom is 0.472 e. The highest BCUT2D eigenvalue weighted by Gasteiger charge is 2.33. The van der Waals surface area contributed by atoms with E-state index in [9.17, 15) is 39.5 Å². The second-order valence-electron chi connectivity index (χ2n) is 21.5. The molecule has 0 aliphatic carbocycles. The molecule has 14 heteroatoms. The largest absolute Gasteiger partial charge is 0.472 e. The summed E-state index contributed by atoms with van der Waals surface area (Å²) in [6.45, 7) is 1.60. The van der Waals surface area contributed by atoms with Crippen LogP contribution in [0.1, 0.15) is 296 Å². The predicted molar refractivity (Wildman–Crippen MR) is 306 cm³/mol. The van der Waals surface area contributed by atoms with Crippen molar-refractivity contribution in [3.63, 3.8) is 0 Å². The highest BCUT2D eigenvalue weighted by atomic mass is 31.2. The van der Waals surface area contributed by atoms with Crippen LogP contribution >= 0.6 is 7.82 Å². The molecule has 0 aromatic carbocycles. The number of rotatable bonds is 59. The lowest BCUT2D eigenvalue weighted by molar-refractivity contribution is -0.161. The normalized spacial score (nSPS) is 14.8. The summed E-state index contributed by atoms with van der Waals surface area (Å²) >= 11 is 0. The highest BCUT2D eigenvalue weighted by Crippen LogP contribution is 2.43. The van der Waals surface area contributed by atoms with Gasteiger partial charge >= 0.3 is 19.8 Å². The maximum atomic E-state index is 12.8. The minimum atomic E-state index is -4.91. The van der Waals surface area contributed by atoms with Gasteiger partial charge in [-0.15, -0.1) is 0 Å². The number of phosphoric acid groups is 1. The van der Waals surface area contributed by atoms with Crippen LogP contribution in [-0.2, 0) is 32.7 Å². The molecule has 13 nitrogen and oxygen atoms in total. The van der Waals surface area contributed by atoms with Crippen LogP contribution in [0, 0.1) is 0 Å². The van der Waals surface area contributed by atoms with Gasteiger partial charge in [-0.3, -0.25) is 18.6 Å². The minimum Gasteiger partial charge on any atom is -0.462 e. The van der Waals surface area contributed by atoms with Crippen LogP contribution in [0.2, 0.25) is 0 Å². The van der Waals surface area contributed by atoms with Crippen LogP contribution in [0.5, 0.6) is 0 Å². The Morgan fingerprint density at radius 3 is 1.04 bits per heavy atom. The zero-order valence-electron chi connectivity index (χ0n) is 48.1. The van der Waals surface area contributed by atoms with E-state index in [1.807, 2.05) is 0 Å². The van der Waals surface area contributed by atoms with E-state index in [1.165, 1.54) is 218 Å². The Labute approximate surface area is 458 Å². The Hall–Kier alpha value is -1.67. The van der Waals surface area contributed by atoms with Gasteiger partial charge in [0.2, 0.25) is 0 Å². The van der Waals surface area contributed by atoms with E-state index in [2.05, 4.69) is 38.2 Å². The van der Waals surface area contributed by atoms with Crippen molar-refractivity contribution < 1.29 is 63.1 Å². The Kier molecular flexibility index (Phi) is 54.4. The van der Waals surface area contributed by atoms with Gasteiger partial charge in [-0.25, -0.2) is 4.57 Å². The first kappa shape index (κ1) is 73.3. The van der Waals surface area contributed by atoms with Crippen molar-refractivity contribution in [2.75, 3.05) is 26.4 Å². The zero-order valence-corrected chi connectivity index (χ0v) is 49.0. The van der Waals surface area contributed by atoms with Crippen molar-refractivity contribution in [2.45, 2.75) is 327 Å². The Bertz CT molecular complexity index is 1350. The smallest absolute Gasteiger partial charge is 0.462 e. The Morgan fingerprint density at radius 1 is 0.400 bits per heavy atom. The molecule has 0 aromatic heterocycles. The second-order valence-corrected chi connectivity index (χ2v) is 22.9. The van der Waals surface area contributed by atoms with Crippen LogP contribution in [-0.4, -0.2) is 99.3 Å². The summed E-state index contributed by atoms with van der Waals surface area (Å²) in [6, 6.07) is 0. The van der Waals surface area contributed by atoms with Gasteiger partial charge in [0, 0.05) is 12.8 Å². The Morgan fingerprint density at radius 2 is 0.693 bits per heavy atom. The molecule has 0 saturated heterocycles. The summed E-state index contributed by atoms with van der Waals surface area (Å²) in [4.78, 5) is 35.8. The number of aliphatic hydroxyl groups is 5. The van der Waals surface area contributed by atoms with E-state index < -0.39 is 76.7 Å². The molecular formula is C61H117O13P. The average molecular weight is 1090 g/mol. The van der Waals surface area contributed by atoms with Gasteiger partial charge in [0.1, 0.15) is 31.0 Å². The molecule has 0 fully saturated rings. The monoisotopic (exact) mass is 1090 g/mol. The molecule has 1 unspecified atom stereocenters. The van der Waals surface area contributed by atoms with Gasteiger partial charge in [0.25, 0.3) is 0 Å². The molecular weight excluding hydrogens is 972 g/mol. The highest BCUT2D eigenvalue weighted by molar-refractivity contribution is 7.47. The molecule has 0 radical (unpaired) electrons. The molecule has 0 bridgehead atoms. The summed E-state index contributed by atoms with van der Waals surface area (Å²) in [5.41, 5.74) is 0. The van der Waals surface area contributed by atoms with Crippen molar-refractivity contribution >= 4 is 19.8 Å². The third kappa shape index (κ3) is 51.5. The topological polar surface area (TPSA) is 210 Å². The molecule has 0 aromatic rings. The first-order valence-electron chi connectivity index (χ1n) is 31.1. The van der Waals surface area contributed by atoms with Crippen LogP contribution in [0.3, 0.4) is 0 Å². The van der Waals surface area contributed by atoms with Crippen molar-refractivity contribution in [2.24, 2.45) is 0 Å². The van der Waals surface area contributed by atoms with E-state index in [0.717, 1.165) is 38.5 Å². The predicted octanol–water partition coefficient (Wildman–Crippen LogP) is 15.3. The summed E-state index contributed by atoms with van der Waals surface area (Å²) in [5, 5.41) is 48.5. The van der Waals surface area contributed by atoms with Gasteiger partial charge in [-0.2, -0.15) is 0 Å². The second kappa shape index (κ2) is 55.6. The number of esters is 2. The molecule has 6 N–H and O–H groups in total. The van der Waals surface area contributed by atoms with Gasteiger partial charge < -0.3 is 39.9 Å². The molecule has 0 heterocycles. The van der Waals surface area contributed by atoms with Gasteiger partial charge in [0.15, 0.2) is 6.10 Å². The lowest BCUT2D eigenvalue weighted by Crippen LogP contribution is -2.47. The maximum absolute atomic E-state index is 12.8. The van der Waals surface area contributed by atoms with Crippen LogP contribution < -0.4 is 0 Å². The fourth-order valence-electron chi connectivity index (χ4n) is 9.17. The molecule has 6 atom stereocenters. The number of hydrogen-bond donors (Lipinski definition) is 6. The number of hydrogen-bond acceptors (Lipinski definition) is 12. The molecule has 0 rings (SSSR count). The zero-order chi connectivity index (χ0) is 55.1. The first-order valence-corrected chi connectivity index (χ1v) is 32.6. The lowest BCUT2D eigenvalue weighted by atomic mass is 10.0. The molecule has 444 valence electrons. The summed E-state index contributed by atoms with van der Waals surface area (Å²) in [6.07, 6.45) is 52.6. The average Bonchev–Trinajstić information content (AvgIpc) is 3.40. The third-order valence-electron chi connectivity index (χ3n) is 14.2. The summed E-state index contributed by atoms with van der Waals surface area (Å²) < 4.78 is 33.4. The summed E-state index contributed by atoms with van der Waals surface area (Å²) in [5.74, 6) is -1.04. The van der Waals surface area contributed by atoms with Crippen molar-refractivity contribution in [3.05, 3.63) is 24.3 Å². The SMILES string of the molecule is CCCCCCCCCC=CCCCCCCCCCCCCCCC(=O)OC[C@H](COP(=O)(O)OC[C@@H](O)[C@@H](O)[C@H](O)[C@H](O)CO)OC(=O)CCCCCCCCCCCCCC/C=C\CCCCCCCCC. The van der Waals surface area contributed by atoms with Gasteiger partial charge in [0.05, 0.1) is 19.8 Å². The lowest BCUT2D eigenvalue weighted by Gasteiger charge is -2.26. The number of phosphoric ester groups is 1. The number of ether oxygens (including phenoxy) is 2. The quantitative estimate of drug-likeness (QED) is 0.0145. The molecule has 0 aliphatic heterocycles. The number of carbonyl (C=O) groups is 2. The van der Waals surface area contributed by atoms with Crippen molar-refractivity contribution in [1.82, 2.24) is 0 Å². The fourth-order valence-corrected chi connectivity index (χ4v) is 9.94. The number of carbonyl (C=O) groups excluding carboxylic acids is 2.